The molecule has 0 radical (unpaired) electrons. The van der Waals surface area contributed by atoms with Gasteiger partial charge in [-0.1, -0.05) is 17.2 Å². The summed E-state index contributed by atoms with van der Waals surface area (Å²) >= 11 is 0. The number of fused-ring (bicyclic) bond motifs is 2. The Balaban J connectivity index is 1.36. The lowest BCUT2D eigenvalue weighted by Gasteiger charge is -2.18. The number of hydrogen-bond acceptors (Lipinski definition) is 8. The summed E-state index contributed by atoms with van der Waals surface area (Å²) in [6.07, 6.45) is 0. The van der Waals surface area contributed by atoms with Crippen LogP contribution in [0, 0.1) is 0 Å². The van der Waals surface area contributed by atoms with Crippen LogP contribution in [0.5, 0.6) is 17.2 Å². The van der Waals surface area contributed by atoms with Gasteiger partial charge < -0.3 is 23.0 Å². The molecule has 30 heavy (non-hydrogen) atoms. The Morgan fingerprint density at radius 1 is 1.07 bits per heavy atom. The fraction of sp³-hybridized carbons (Fsp3) is 0.190. The molecule has 0 atom stereocenters. The molecule has 0 saturated heterocycles. The van der Waals surface area contributed by atoms with Crippen molar-refractivity contribution in [2.45, 2.75) is 6.92 Å². The van der Waals surface area contributed by atoms with Gasteiger partial charge in [-0.2, -0.15) is 0 Å². The summed E-state index contributed by atoms with van der Waals surface area (Å²) in [4.78, 5) is 12.6. The van der Waals surface area contributed by atoms with Crippen LogP contribution in [0.2, 0.25) is 0 Å². The molecule has 3 heterocycles. The first-order valence-electron chi connectivity index (χ1n) is 9.41. The number of carbonyl (C=O) groups is 1. The van der Waals surface area contributed by atoms with E-state index in [0.29, 0.717) is 48.2 Å². The van der Waals surface area contributed by atoms with Crippen molar-refractivity contribution >= 4 is 22.9 Å². The molecular weight excluding hydrogens is 390 g/mol. The van der Waals surface area contributed by atoms with Crippen molar-refractivity contribution in [1.29, 1.82) is 0 Å². The normalized spacial score (nSPS) is 12.7. The molecule has 1 aliphatic rings. The van der Waals surface area contributed by atoms with Crippen LogP contribution in [-0.4, -0.2) is 35.9 Å². The number of rotatable bonds is 5. The van der Waals surface area contributed by atoms with Crippen LogP contribution in [-0.2, 0) is 0 Å². The van der Waals surface area contributed by atoms with Gasteiger partial charge in [0.25, 0.3) is 5.91 Å². The molecule has 2 aromatic heterocycles. The molecule has 9 nitrogen and oxygen atoms in total. The molecule has 0 fully saturated rings. The molecule has 152 valence electrons. The molecule has 9 heteroatoms. The van der Waals surface area contributed by atoms with E-state index >= 15 is 0 Å². The summed E-state index contributed by atoms with van der Waals surface area (Å²) in [5.74, 6) is 1.68. The van der Waals surface area contributed by atoms with E-state index in [4.69, 9.17) is 23.0 Å². The SMILES string of the molecule is CCOc1cccc2cc(C(=O)Nc3nnc(-c4ccc5c(c4)OCCO5)o3)oc12. The molecule has 0 unspecified atom stereocenters. The molecule has 1 aliphatic heterocycles. The molecule has 4 aromatic rings. The van der Waals surface area contributed by atoms with Gasteiger partial charge >= 0.3 is 6.01 Å². The van der Waals surface area contributed by atoms with E-state index in [1.54, 1.807) is 30.3 Å². The number of nitrogens with one attached hydrogen (secondary N) is 1. The molecule has 0 bridgehead atoms. The number of para-hydroxylation sites is 1. The largest absolute Gasteiger partial charge is 0.490 e. The maximum absolute atomic E-state index is 12.6. The zero-order valence-electron chi connectivity index (χ0n) is 16.0. The van der Waals surface area contributed by atoms with Crippen molar-refractivity contribution in [2.75, 3.05) is 25.1 Å². The predicted octanol–water partition coefficient (Wildman–Crippen LogP) is 3.91. The highest BCUT2D eigenvalue weighted by atomic mass is 16.6. The number of ether oxygens (including phenoxy) is 3. The highest BCUT2D eigenvalue weighted by Crippen LogP contribution is 2.34. The zero-order chi connectivity index (χ0) is 20.5. The first-order valence-corrected chi connectivity index (χ1v) is 9.41. The highest BCUT2D eigenvalue weighted by Gasteiger charge is 2.19. The average molecular weight is 407 g/mol. The lowest BCUT2D eigenvalue weighted by molar-refractivity contribution is 0.0995. The molecule has 1 N–H and O–H groups in total. The second-order valence-corrected chi connectivity index (χ2v) is 6.44. The summed E-state index contributed by atoms with van der Waals surface area (Å²) < 4.78 is 27.9. The van der Waals surface area contributed by atoms with Crippen molar-refractivity contribution in [2.24, 2.45) is 0 Å². The molecule has 2 aromatic carbocycles. The number of benzene rings is 2. The Bertz CT molecular complexity index is 1230. The monoisotopic (exact) mass is 407 g/mol. The smallest absolute Gasteiger partial charge is 0.322 e. The fourth-order valence-corrected chi connectivity index (χ4v) is 3.14. The van der Waals surface area contributed by atoms with E-state index in [9.17, 15) is 4.79 Å². The third kappa shape index (κ3) is 3.30. The van der Waals surface area contributed by atoms with Crippen LogP contribution in [0.1, 0.15) is 17.5 Å². The van der Waals surface area contributed by atoms with E-state index in [1.807, 2.05) is 19.1 Å². The number of anilines is 1. The Labute approximate surface area is 170 Å². The van der Waals surface area contributed by atoms with Gasteiger partial charge in [0, 0.05) is 10.9 Å². The van der Waals surface area contributed by atoms with E-state index in [-0.39, 0.29) is 17.7 Å². The maximum Gasteiger partial charge on any atom is 0.322 e. The summed E-state index contributed by atoms with van der Waals surface area (Å²) in [5.41, 5.74) is 1.16. The fourth-order valence-electron chi connectivity index (χ4n) is 3.14. The summed E-state index contributed by atoms with van der Waals surface area (Å²) in [6.45, 7) is 3.36. The molecular formula is C21H17N3O6. The van der Waals surface area contributed by atoms with Gasteiger partial charge in [-0.05, 0) is 37.3 Å². The Morgan fingerprint density at radius 2 is 1.93 bits per heavy atom. The number of nitrogens with zero attached hydrogens (tertiary/aromatic N) is 2. The quantitative estimate of drug-likeness (QED) is 0.530. The van der Waals surface area contributed by atoms with E-state index in [1.165, 1.54) is 0 Å². The third-order valence-electron chi connectivity index (χ3n) is 4.47. The first kappa shape index (κ1) is 18.0. The average Bonchev–Trinajstić information content (AvgIpc) is 3.41. The lowest BCUT2D eigenvalue weighted by atomic mass is 10.2. The maximum atomic E-state index is 12.6. The van der Waals surface area contributed by atoms with Crippen LogP contribution in [0.4, 0.5) is 6.01 Å². The van der Waals surface area contributed by atoms with Crippen LogP contribution in [0.15, 0.2) is 51.3 Å². The van der Waals surface area contributed by atoms with E-state index in [2.05, 4.69) is 15.5 Å². The summed E-state index contributed by atoms with van der Waals surface area (Å²) in [5, 5.41) is 11.2. The molecule has 0 aliphatic carbocycles. The van der Waals surface area contributed by atoms with Crippen molar-refractivity contribution < 1.29 is 27.8 Å². The van der Waals surface area contributed by atoms with Gasteiger partial charge in [0.05, 0.1) is 6.61 Å². The van der Waals surface area contributed by atoms with Crippen LogP contribution in [0.25, 0.3) is 22.4 Å². The zero-order valence-corrected chi connectivity index (χ0v) is 16.0. The van der Waals surface area contributed by atoms with Gasteiger partial charge in [-0.25, -0.2) is 0 Å². The van der Waals surface area contributed by atoms with Crippen LogP contribution < -0.4 is 19.5 Å². The van der Waals surface area contributed by atoms with Crippen molar-refractivity contribution in [1.82, 2.24) is 10.2 Å². The second-order valence-electron chi connectivity index (χ2n) is 6.44. The van der Waals surface area contributed by atoms with Crippen molar-refractivity contribution in [3.8, 4) is 28.7 Å². The number of furan rings is 1. The minimum atomic E-state index is -0.508. The predicted molar refractivity (Wildman–Crippen MR) is 106 cm³/mol. The Kier molecular flexibility index (Phi) is 4.47. The lowest BCUT2D eigenvalue weighted by Crippen LogP contribution is -2.15. The van der Waals surface area contributed by atoms with Crippen molar-refractivity contribution in [3.63, 3.8) is 0 Å². The molecule has 1 amide bonds. The minimum Gasteiger partial charge on any atom is -0.490 e. The van der Waals surface area contributed by atoms with Gasteiger partial charge in [0.2, 0.25) is 5.89 Å². The number of aromatic nitrogens is 2. The van der Waals surface area contributed by atoms with Crippen LogP contribution >= 0.6 is 0 Å². The topological polar surface area (TPSA) is 109 Å². The number of carbonyl (C=O) groups excluding carboxylic acids is 1. The second kappa shape index (κ2) is 7.43. The standard InChI is InChI=1S/C21H17N3O6/c1-2-26-15-5-3-4-12-10-17(29-18(12)15)19(25)22-21-24-23-20(30-21)13-6-7-14-16(11-13)28-9-8-27-14/h3-7,10-11H,2,8-9H2,1H3,(H,22,24,25). The summed E-state index contributed by atoms with van der Waals surface area (Å²) in [7, 11) is 0. The number of hydrogen-bond donors (Lipinski definition) is 1. The van der Waals surface area contributed by atoms with E-state index < -0.39 is 5.91 Å². The molecule has 0 saturated carbocycles. The highest BCUT2D eigenvalue weighted by molar-refractivity contribution is 6.04. The third-order valence-corrected chi connectivity index (χ3v) is 4.47. The number of amides is 1. The molecule has 5 rings (SSSR count). The first-order chi connectivity index (χ1) is 14.7. The van der Waals surface area contributed by atoms with Gasteiger partial charge in [0.1, 0.15) is 13.2 Å². The summed E-state index contributed by atoms with van der Waals surface area (Å²) in [6, 6.07) is 12.3. The van der Waals surface area contributed by atoms with Gasteiger partial charge in [-0.15, -0.1) is 5.10 Å². The Hall–Kier alpha value is -4.01. The minimum absolute atomic E-state index is 0.0459. The van der Waals surface area contributed by atoms with E-state index in [0.717, 1.165) is 5.39 Å². The molecule has 0 spiro atoms. The van der Waals surface area contributed by atoms with Crippen LogP contribution in [0.3, 0.4) is 0 Å². The van der Waals surface area contributed by atoms with Crippen molar-refractivity contribution in [3.05, 3.63) is 48.2 Å². The Morgan fingerprint density at radius 3 is 2.80 bits per heavy atom. The van der Waals surface area contributed by atoms with Gasteiger partial charge in [0.15, 0.2) is 28.6 Å². The van der Waals surface area contributed by atoms with Gasteiger partial charge in [-0.3, -0.25) is 10.1 Å².